The molecule has 3 rings (SSSR count). The fourth-order valence-electron chi connectivity index (χ4n) is 2.77. The average Bonchev–Trinajstić information content (AvgIpc) is 2.49. The number of rotatable bonds is 2. The molecule has 2 aromatic rings. The van der Waals surface area contributed by atoms with E-state index in [9.17, 15) is 4.79 Å². The quantitative estimate of drug-likeness (QED) is 0.835. The van der Waals surface area contributed by atoms with Crippen molar-refractivity contribution in [2.45, 2.75) is 26.7 Å². The highest BCUT2D eigenvalue weighted by Gasteiger charge is 2.15. The molecule has 0 aliphatic carbocycles. The second kappa shape index (κ2) is 5.12. The molecule has 1 aliphatic heterocycles. The van der Waals surface area contributed by atoms with Gasteiger partial charge in [-0.3, -0.25) is 4.79 Å². The summed E-state index contributed by atoms with van der Waals surface area (Å²) in [6.45, 7) is 5.09. The second-order valence-corrected chi connectivity index (χ2v) is 5.48. The number of carbonyl (C=O) groups is 1. The monoisotopic (exact) mass is 265 g/mol. The summed E-state index contributed by atoms with van der Waals surface area (Å²) in [4.78, 5) is 12.7. The van der Waals surface area contributed by atoms with Gasteiger partial charge in [0.25, 0.3) is 0 Å². The minimum atomic E-state index is 0.125. The van der Waals surface area contributed by atoms with Crippen molar-refractivity contribution in [1.29, 1.82) is 0 Å². The van der Waals surface area contributed by atoms with Crippen LogP contribution in [0.1, 0.15) is 39.0 Å². The van der Waals surface area contributed by atoms with Crippen LogP contribution in [0, 0.1) is 13.8 Å². The van der Waals surface area contributed by atoms with Gasteiger partial charge in [0, 0.05) is 23.4 Å². The highest BCUT2D eigenvalue weighted by molar-refractivity contribution is 6.10. The minimum absolute atomic E-state index is 0.125. The molecule has 2 heteroatoms. The van der Waals surface area contributed by atoms with Crippen molar-refractivity contribution in [3.63, 3.8) is 0 Å². The van der Waals surface area contributed by atoms with E-state index in [0.29, 0.717) is 0 Å². The van der Waals surface area contributed by atoms with E-state index in [-0.39, 0.29) is 5.78 Å². The Labute approximate surface area is 119 Å². The van der Waals surface area contributed by atoms with Gasteiger partial charge in [0.15, 0.2) is 5.78 Å². The van der Waals surface area contributed by atoms with Crippen LogP contribution >= 0.6 is 0 Å². The van der Waals surface area contributed by atoms with E-state index in [1.54, 1.807) is 0 Å². The Morgan fingerprint density at radius 2 is 2.00 bits per heavy atom. The summed E-state index contributed by atoms with van der Waals surface area (Å²) in [6.07, 6.45) is 2.18. The van der Waals surface area contributed by atoms with Crippen molar-refractivity contribution >= 4 is 11.5 Å². The van der Waals surface area contributed by atoms with Gasteiger partial charge in [-0.05, 0) is 61.6 Å². The Morgan fingerprint density at radius 3 is 2.85 bits per heavy atom. The molecule has 0 bridgehead atoms. The van der Waals surface area contributed by atoms with Crippen LogP contribution in [-0.2, 0) is 6.42 Å². The number of hydrogen-bond acceptors (Lipinski definition) is 2. The number of hydrogen-bond donors (Lipinski definition) is 1. The van der Waals surface area contributed by atoms with Crippen molar-refractivity contribution in [3.8, 4) is 0 Å². The smallest absolute Gasteiger partial charge is 0.193 e. The first-order valence-corrected chi connectivity index (χ1v) is 7.14. The lowest BCUT2D eigenvalue weighted by Gasteiger charge is -2.18. The Bertz CT molecular complexity index is 673. The molecule has 0 aromatic heterocycles. The number of fused-ring (bicyclic) bond motifs is 1. The summed E-state index contributed by atoms with van der Waals surface area (Å²) in [5, 5.41) is 3.38. The maximum atomic E-state index is 12.7. The molecule has 2 aromatic carbocycles. The van der Waals surface area contributed by atoms with Crippen LogP contribution in [0.5, 0.6) is 0 Å². The number of anilines is 1. The van der Waals surface area contributed by atoms with Gasteiger partial charge in [-0.2, -0.15) is 0 Å². The van der Waals surface area contributed by atoms with E-state index in [1.165, 1.54) is 11.3 Å². The summed E-state index contributed by atoms with van der Waals surface area (Å²) in [7, 11) is 0. The molecule has 1 N–H and O–H groups in total. The second-order valence-electron chi connectivity index (χ2n) is 5.48. The topological polar surface area (TPSA) is 29.1 Å². The largest absolute Gasteiger partial charge is 0.385 e. The van der Waals surface area contributed by atoms with Crippen molar-refractivity contribution in [2.24, 2.45) is 0 Å². The average molecular weight is 265 g/mol. The fraction of sp³-hybridized carbons (Fsp3) is 0.278. The van der Waals surface area contributed by atoms with Crippen molar-refractivity contribution in [2.75, 3.05) is 11.9 Å². The first-order valence-electron chi connectivity index (χ1n) is 7.14. The molecule has 0 saturated carbocycles. The highest BCUT2D eigenvalue weighted by Crippen LogP contribution is 2.25. The molecule has 0 fully saturated rings. The summed E-state index contributed by atoms with van der Waals surface area (Å²) in [6, 6.07) is 11.9. The normalized spacial score (nSPS) is 13.5. The van der Waals surface area contributed by atoms with Crippen LogP contribution in [0.25, 0.3) is 0 Å². The molecule has 1 heterocycles. The van der Waals surface area contributed by atoms with E-state index < -0.39 is 0 Å². The van der Waals surface area contributed by atoms with Gasteiger partial charge in [0.2, 0.25) is 0 Å². The van der Waals surface area contributed by atoms with Gasteiger partial charge in [0.1, 0.15) is 0 Å². The maximum absolute atomic E-state index is 12.7. The zero-order valence-corrected chi connectivity index (χ0v) is 12.0. The predicted molar refractivity (Wildman–Crippen MR) is 82.6 cm³/mol. The Morgan fingerprint density at radius 1 is 1.15 bits per heavy atom. The Balaban J connectivity index is 2.00. The summed E-state index contributed by atoms with van der Waals surface area (Å²) >= 11 is 0. The number of ketones is 1. The lowest BCUT2D eigenvalue weighted by Crippen LogP contribution is -2.13. The third-order valence-corrected chi connectivity index (χ3v) is 4.16. The number of benzene rings is 2. The van der Waals surface area contributed by atoms with Crippen LogP contribution in [0.4, 0.5) is 5.69 Å². The molecule has 2 nitrogen and oxygen atoms in total. The van der Waals surface area contributed by atoms with Crippen LogP contribution < -0.4 is 5.32 Å². The number of nitrogens with one attached hydrogen (secondary N) is 1. The Hall–Kier alpha value is -2.09. The van der Waals surface area contributed by atoms with Gasteiger partial charge in [-0.25, -0.2) is 0 Å². The first kappa shape index (κ1) is 12.9. The molecule has 0 amide bonds. The van der Waals surface area contributed by atoms with E-state index in [0.717, 1.165) is 41.6 Å². The SMILES string of the molecule is Cc1cccc(C(=O)c2ccc3c(c2)CCCN3)c1C. The minimum Gasteiger partial charge on any atom is -0.385 e. The van der Waals surface area contributed by atoms with E-state index in [1.807, 2.05) is 50.2 Å². The van der Waals surface area contributed by atoms with Gasteiger partial charge in [0.05, 0.1) is 0 Å². The summed E-state index contributed by atoms with van der Waals surface area (Å²) in [5.74, 6) is 0.125. The van der Waals surface area contributed by atoms with Gasteiger partial charge >= 0.3 is 0 Å². The van der Waals surface area contributed by atoms with Crippen LogP contribution in [0.2, 0.25) is 0 Å². The number of carbonyl (C=O) groups excluding carboxylic acids is 1. The van der Waals surface area contributed by atoms with E-state index in [4.69, 9.17) is 0 Å². The molecule has 0 atom stereocenters. The molecule has 0 unspecified atom stereocenters. The maximum Gasteiger partial charge on any atom is 0.193 e. The van der Waals surface area contributed by atoms with Crippen molar-refractivity contribution in [1.82, 2.24) is 0 Å². The molecular weight excluding hydrogens is 246 g/mol. The standard InChI is InChI=1S/C18H19NO/c1-12-5-3-7-16(13(12)2)18(20)15-8-9-17-14(11-15)6-4-10-19-17/h3,5,7-9,11,19H,4,6,10H2,1-2H3. The summed E-state index contributed by atoms with van der Waals surface area (Å²) in [5.41, 5.74) is 6.28. The number of aryl methyl sites for hydroxylation is 2. The third kappa shape index (κ3) is 2.22. The van der Waals surface area contributed by atoms with E-state index in [2.05, 4.69) is 5.32 Å². The highest BCUT2D eigenvalue weighted by atomic mass is 16.1. The zero-order valence-electron chi connectivity index (χ0n) is 12.0. The van der Waals surface area contributed by atoms with Gasteiger partial charge < -0.3 is 5.32 Å². The fourth-order valence-corrected chi connectivity index (χ4v) is 2.77. The molecular formula is C18H19NO. The summed E-state index contributed by atoms with van der Waals surface area (Å²) < 4.78 is 0. The molecule has 20 heavy (non-hydrogen) atoms. The van der Waals surface area contributed by atoms with Gasteiger partial charge in [-0.15, -0.1) is 0 Å². The molecule has 0 radical (unpaired) electrons. The molecule has 0 spiro atoms. The van der Waals surface area contributed by atoms with Gasteiger partial charge in [-0.1, -0.05) is 18.2 Å². The van der Waals surface area contributed by atoms with Crippen LogP contribution in [0.15, 0.2) is 36.4 Å². The Kier molecular flexibility index (Phi) is 3.31. The lowest BCUT2D eigenvalue weighted by atomic mass is 9.93. The third-order valence-electron chi connectivity index (χ3n) is 4.16. The van der Waals surface area contributed by atoms with Crippen molar-refractivity contribution in [3.05, 3.63) is 64.2 Å². The van der Waals surface area contributed by atoms with Crippen LogP contribution in [-0.4, -0.2) is 12.3 Å². The predicted octanol–water partition coefficient (Wildman–Crippen LogP) is 3.89. The zero-order chi connectivity index (χ0) is 14.1. The van der Waals surface area contributed by atoms with Crippen molar-refractivity contribution < 1.29 is 4.79 Å². The van der Waals surface area contributed by atoms with E-state index >= 15 is 0 Å². The lowest BCUT2D eigenvalue weighted by molar-refractivity contribution is 0.103. The molecule has 0 saturated heterocycles. The molecule has 1 aliphatic rings. The van der Waals surface area contributed by atoms with Crippen LogP contribution in [0.3, 0.4) is 0 Å². The molecule has 102 valence electrons. The first-order chi connectivity index (χ1) is 9.66.